The highest BCUT2D eigenvalue weighted by molar-refractivity contribution is 5.99. The van der Waals surface area contributed by atoms with E-state index in [0.717, 1.165) is 11.1 Å². The predicted molar refractivity (Wildman–Crippen MR) is 94.0 cm³/mol. The van der Waals surface area contributed by atoms with E-state index in [9.17, 15) is 14.7 Å². The van der Waals surface area contributed by atoms with Crippen LogP contribution in [0, 0.1) is 13.8 Å². The zero-order valence-electron chi connectivity index (χ0n) is 14.2. The van der Waals surface area contributed by atoms with E-state index < -0.39 is 6.04 Å². The van der Waals surface area contributed by atoms with Crippen LogP contribution in [0.25, 0.3) is 11.0 Å². The normalized spacial score (nSPS) is 16.5. The molecule has 3 aromatic rings. The van der Waals surface area contributed by atoms with Gasteiger partial charge in [0.25, 0.3) is 5.91 Å². The molecule has 1 aliphatic heterocycles. The van der Waals surface area contributed by atoms with E-state index in [0.29, 0.717) is 22.1 Å². The number of hydrogen-bond donors (Lipinski definition) is 1. The summed E-state index contributed by atoms with van der Waals surface area (Å²) in [5, 5.41) is 10.2. The summed E-state index contributed by atoms with van der Waals surface area (Å²) in [5.41, 5.74) is 3.21. The number of benzene rings is 2. The molecular formula is C20H17NO4. The highest BCUT2D eigenvalue weighted by Crippen LogP contribution is 2.37. The number of phenolic OH excluding ortho intramolecular Hbond substituents is 1. The number of nitrogens with zero attached hydrogens (tertiary/aromatic N) is 1. The molecular weight excluding hydrogens is 318 g/mol. The van der Waals surface area contributed by atoms with Crippen molar-refractivity contribution >= 4 is 16.9 Å². The van der Waals surface area contributed by atoms with Crippen molar-refractivity contribution in [1.29, 1.82) is 0 Å². The first-order chi connectivity index (χ1) is 11.9. The Kier molecular flexibility index (Phi) is 3.22. The molecule has 126 valence electrons. The fraction of sp³-hybridized carbons (Fsp3) is 0.200. The van der Waals surface area contributed by atoms with Gasteiger partial charge in [-0.15, -0.1) is 0 Å². The zero-order chi connectivity index (χ0) is 17.9. The van der Waals surface area contributed by atoms with E-state index in [1.54, 1.807) is 43.4 Å². The fourth-order valence-electron chi connectivity index (χ4n) is 3.43. The Hall–Kier alpha value is -3.08. The molecule has 0 saturated heterocycles. The van der Waals surface area contributed by atoms with Crippen molar-refractivity contribution in [3.05, 3.63) is 74.6 Å². The standard InChI is InChI=1S/C20H17NO4/c1-10-7-14-15(8-11(10)2)25-19-16(18(14)23)17(21(3)20(19)24)12-5-4-6-13(22)9-12/h4-9,17,22H,1-3H3/t17-/m0/s1. The molecule has 1 aliphatic rings. The van der Waals surface area contributed by atoms with E-state index in [4.69, 9.17) is 4.42 Å². The lowest BCUT2D eigenvalue weighted by molar-refractivity contribution is 0.0771. The molecule has 1 amide bonds. The van der Waals surface area contributed by atoms with Crippen LogP contribution in [0.3, 0.4) is 0 Å². The van der Waals surface area contributed by atoms with Gasteiger partial charge in [-0.3, -0.25) is 9.59 Å². The molecule has 1 aromatic heterocycles. The Bertz CT molecular complexity index is 1100. The van der Waals surface area contributed by atoms with Crippen molar-refractivity contribution in [2.45, 2.75) is 19.9 Å². The van der Waals surface area contributed by atoms with Gasteiger partial charge in [0.05, 0.1) is 17.0 Å². The van der Waals surface area contributed by atoms with Crippen LogP contribution < -0.4 is 5.43 Å². The van der Waals surface area contributed by atoms with Crippen LogP contribution in [-0.2, 0) is 0 Å². The molecule has 5 heteroatoms. The first kappa shape index (κ1) is 15.4. The van der Waals surface area contributed by atoms with Crippen LogP contribution in [0.4, 0.5) is 0 Å². The molecule has 1 atom stereocenters. The number of aromatic hydroxyl groups is 1. The largest absolute Gasteiger partial charge is 0.508 e. The van der Waals surface area contributed by atoms with E-state index in [1.165, 1.54) is 4.90 Å². The van der Waals surface area contributed by atoms with Gasteiger partial charge in [0.2, 0.25) is 5.76 Å². The second-order valence-corrected chi connectivity index (χ2v) is 6.52. The molecule has 0 unspecified atom stereocenters. The van der Waals surface area contributed by atoms with Crippen LogP contribution in [0.2, 0.25) is 0 Å². The topological polar surface area (TPSA) is 70.8 Å². The van der Waals surface area contributed by atoms with Crippen molar-refractivity contribution < 1.29 is 14.3 Å². The van der Waals surface area contributed by atoms with Gasteiger partial charge < -0.3 is 14.4 Å². The average Bonchev–Trinajstić information content (AvgIpc) is 2.82. The van der Waals surface area contributed by atoms with Crippen molar-refractivity contribution in [3.8, 4) is 5.75 Å². The molecule has 25 heavy (non-hydrogen) atoms. The van der Waals surface area contributed by atoms with Gasteiger partial charge in [0.1, 0.15) is 11.3 Å². The Labute approximate surface area is 144 Å². The molecule has 0 aliphatic carbocycles. The summed E-state index contributed by atoms with van der Waals surface area (Å²) in [6, 6.07) is 9.62. The Morgan fingerprint density at radius 3 is 2.52 bits per heavy atom. The van der Waals surface area contributed by atoms with Gasteiger partial charge in [-0.2, -0.15) is 0 Å². The van der Waals surface area contributed by atoms with Crippen molar-refractivity contribution in [3.63, 3.8) is 0 Å². The Morgan fingerprint density at radius 2 is 1.80 bits per heavy atom. The van der Waals surface area contributed by atoms with Crippen LogP contribution >= 0.6 is 0 Å². The van der Waals surface area contributed by atoms with Crippen LogP contribution in [-0.4, -0.2) is 23.0 Å². The lowest BCUT2D eigenvalue weighted by Crippen LogP contribution is -2.25. The molecule has 2 aromatic carbocycles. The number of rotatable bonds is 1. The van der Waals surface area contributed by atoms with E-state index in [2.05, 4.69) is 0 Å². The number of amides is 1. The molecule has 1 N–H and O–H groups in total. The number of phenols is 1. The summed E-state index contributed by atoms with van der Waals surface area (Å²) in [6.07, 6.45) is 0. The van der Waals surface area contributed by atoms with Gasteiger partial charge in [-0.25, -0.2) is 0 Å². The third-order valence-electron chi connectivity index (χ3n) is 4.90. The van der Waals surface area contributed by atoms with Gasteiger partial charge in [-0.1, -0.05) is 12.1 Å². The molecule has 5 nitrogen and oxygen atoms in total. The highest BCUT2D eigenvalue weighted by atomic mass is 16.3. The molecule has 0 spiro atoms. The van der Waals surface area contributed by atoms with Crippen LogP contribution in [0.5, 0.6) is 5.75 Å². The second kappa shape index (κ2) is 5.21. The fourth-order valence-corrected chi connectivity index (χ4v) is 3.43. The average molecular weight is 335 g/mol. The van der Waals surface area contributed by atoms with E-state index in [-0.39, 0.29) is 22.8 Å². The maximum absolute atomic E-state index is 13.1. The van der Waals surface area contributed by atoms with Gasteiger partial charge in [0, 0.05) is 7.05 Å². The van der Waals surface area contributed by atoms with Crippen molar-refractivity contribution in [2.24, 2.45) is 0 Å². The molecule has 2 heterocycles. The Morgan fingerprint density at radius 1 is 1.08 bits per heavy atom. The van der Waals surface area contributed by atoms with Gasteiger partial charge >= 0.3 is 0 Å². The first-order valence-electron chi connectivity index (χ1n) is 8.02. The summed E-state index contributed by atoms with van der Waals surface area (Å²) in [7, 11) is 1.63. The molecule has 4 rings (SSSR count). The third-order valence-corrected chi connectivity index (χ3v) is 4.90. The van der Waals surface area contributed by atoms with Crippen LogP contribution in [0.1, 0.15) is 38.9 Å². The number of carbonyl (C=O) groups is 1. The number of carbonyl (C=O) groups excluding carboxylic acids is 1. The summed E-state index contributed by atoms with van der Waals surface area (Å²) < 4.78 is 5.83. The van der Waals surface area contributed by atoms with Crippen molar-refractivity contribution in [1.82, 2.24) is 4.90 Å². The number of fused-ring (bicyclic) bond motifs is 2. The second-order valence-electron chi connectivity index (χ2n) is 6.52. The minimum atomic E-state index is -0.572. The minimum absolute atomic E-state index is 0.0802. The first-order valence-corrected chi connectivity index (χ1v) is 8.02. The number of hydrogen-bond acceptors (Lipinski definition) is 4. The molecule has 0 fully saturated rings. The van der Waals surface area contributed by atoms with Gasteiger partial charge in [0.15, 0.2) is 5.43 Å². The maximum atomic E-state index is 13.1. The Balaban J connectivity index is 2.05. The SMILES string of the molecule is Cc1cc2oc3c(c(=O)c2cc1C)[C@H](c1cccc(O)c1)N(C)C3=O. The lowest BCUT2D eigenvalue weighted by Gasteiger charge is -2.20. The van der Waals surface area contributed by atoms with Crippen molar-refractivity contribution in [2.75, 3.05) is 7.05 Å². The monoisotopic (exact) mass is 335 g/mol. The predicted octanol–water partition coefficient (Wildman–Crippen LogP) is 3.29. The lowest BCUT2D eigenvalue weighted by atomic mass is 9.97. The summed E-state index contributed by atoms with van der Waals surface area (Å²) >= 11 is 0. The third kappa shape index (κ3) is 2.16. The van der Waals surface area contributed by atoms with Gasteiger partial charge in [-0.05, 0) is 54.8 Å². The molecule has 0 bridgehead atoms. The van der Waals surface area contributed by atoms with Crippen LogP contribution in [0.15, 0.2) is 45.6 Å². The quantitative estimate of drug-likeness (QED) is 0.741. The summed E-state index contributed by atoms with van der Waals surface area (Å²) in [6.45, 7) is 3.87. The minimum Gasteiger partial charge on any atom is -0.508 e. The number of aryl methyl sites for hydroxylation is 2. The molecule has 0 radical (unpaired) electrons. The van der Waals surface area contributed by atoms with E-state index in [1.807, 2.05) is 13.8 Å². The smallest absolute Gasteiger partial charge is 0.290 e. The highest BCUT2D eigenvalue weighted by Gasteiger charge is 2.40. The zero-order valence-corrected chi connectivity index (χ0v) is 14.2. The summed E-state index contributed by atoms with van der Waals surface area (Å²) in [4.78, 5) is 27.3. The van der Waals surface area contributed by atoms with E-state index >= 15 is 0 Å². The maximum Gasteiger partial charge on any atom is 0.290 e. The summed E-state index contributed by atoms with van der Waals surface area (Å²) in [5.74, 6) is -0.166. The molecule has 0 saturated carbocycles.